The first-order valence-electron chi connectivity index (χ1n) is 3.70. The number of rotatable bonds is 1. The number of hydrogen-bond donors (Lipinski definition) is 2. The van der Waals surface area contributed by atoms with Crippen LogP contribution in [0, 0.1) is 6.92 Å². The maximum absolute atomic E-state index is 11.1. The third-order valence-corrected chi connectivity index (χ3v) is 1.59. The highest BCUT2D eigenvalue weighted by molar-refractivity contribution is 5.17. The number of aryl methyl sites for hydroxylation is 1. The zero-order chi connectivity index (χ0) is 9.35. The van der Waals surface area contributed by atoms with Crippen molar-refractivity contribution in [2.75, 3.05) is 0 Å². The Morgan fingerprint density at radius 2 is 2.17 bits per heavy atom. The van der Waals surface area contributed by atoms with Gasteiger partial charge in [0.2, 0.25) is 0 Å². The molecule has 1 rings (SSSR count). The lowest BCUT2D eigenvalue weighted by atomic mass is 10.0. The largest absolute Gasteiger partial charge is 0.386 e. The molecule has 0 radical (unpaired) electrons. The summed E-state index contributed by atoms with van der Waals surface area (Å²) in [4.78, 5) is 11.1. The fourth-order valence-corrected chi connectivity index (χ4v) is 0.960. The monoisotopic (exact) mass is 168 g/mol. The van der Waals surface area contributed by atoms with Crippen molar-refractivity contribution < 1.29 is 5.11 Å². The lowest BCUT2D eigenvalue weighted by Gasteiger charge is -2.15. The van der Waals surface area contributed by atoms with Crippen molar-refractivity contribution in [1.29, 1.82) is 0 Å². The van der Waals surface area contributed by atoms with Crippen LogP contribution in [0.2, 0.25) is 0 Å². The number of aromatic amines is 1. The summed E-state index contributed by atoms with van der Waals surface area (Å²) >= 11 is 0. The van der Waals surface area contributed by atoms with Crippen LogP contribution in [0.5, 0.6) is 0 Å². The Balaban J connectivity index is 3.33. The number of H-pyrrole nitrogens is 1. The first-order chi connectivity index (χ1) is 5.41. The van der Waals surface area contributed by atoms with Crippen molar-refractivity contribution in [2.24, 2.45) is 0 Å². The summed E-state index contributed by atoms with van der Waals surface area (Å²) in [7, 11) is 0. The topological polar surface area (TPSA) is 66.0 Å². The molecule has 0 spiro atoms. The van der Waals surface area contributed by atoms with E-state index in [9.17, 15) is 9.90 Å². The molecule has 12 heavy (non-hydrogen) atoms. The summed E-state index contributed by atoms with van der Waals surface area (Å²) in [5, 5.41) is 15.6. The first-order valence-corrected chi connectivity index (χ1v) is 3.70. The van der Waals surface area contributed by atoms with Crippen LogP contribution >= 0.6 is 0 Å². The summed E-state index contributed by atoms with van der Waals surface area (Å²) in [5.41, 5.74) is -0.420. The quantitative estimate of drug-likeness (QED) is 0.634. The second kappa shape index (κ2) is 2.71. The molecule has 4 heteroatoms. The average Bonchev–Trinajstić information content (AvgIpc) is 1.92. The Morgan fingerprint density at radius 3 is 2.58 bits per heavy atom. The maximum atomic E-state index is 11.1. The standard InChI is InChI=1S/C8H12N2O2/c1-5-4-6(8(2,3)12)7(11)10-9-5/h4,12H,1-3H3,(H,10,11). The molecule has 66 valence electrons. The van der Waals surface area contributed by atoms with Gasteiger partial charge in [-0.3, -0.25) is 4.79 Å². The molecule has 0 aliphatic heterocycles. The van der Waals surface area contributed by atoms with Crippen LogP contribution in [0.1, 0.15) is 25.1 Å². The lowest BCUT2D eigenvalue weighted by molar-refractivity contribution is 0.0767. The molecule has 0 aromatic carbocycles. The Labute approximate surface area is 70.3 Å². The second-order valence-corrected chi connectivity index (χ2v) is 3.31. The van der Waals surface area contributed by atoms with Gasteiger partial charge in [-0.15, -0.1) is 0 Å². The highest BCUT2D eigenvalue weighted by Gasteiger charge is 2.19. The minimum Gasteiger partial charge on any atom is -0.386 e. The van der Waals surface area contributed by atoms with E-state index in [4.69, 9.17) is 0 Å². The van der Waals surface area contributed by atoms with E-state index in [1.165, 1.54) is 0 Å². The zero-order valence-electron chi connectivity index (χ0n) is 7.38. The molecule has 1 aromatic heterocycles. The molecule has 0 saturated carbocycles. The van der Waals surface area contributed by atoms with E-state index in [-0.39, 0.29) is 5.56 Å². The molecule has 0 aliphatic carbocycles. The van der Waals surface area contributed by atoms with Gasteiger partial charge in [-0.2, -0.15) is 5.10 Å². The van der Waals surface area contributed by atoms with Crippen LogP contribution in [-0.2, 0) is 5.60 Å². The number of nitrogens with one attached hydrogen (secondary N) is 1. The Kier molecular flexibility index (Phi) is 2.02. The van der Waals surface area contributed by atoms with E-state index in [0.29, 0.717) is 11.3 Å². The number of hydrogen-bond acceptors (Lipinski definition) is 3. The van der Waals surface area contributed by atoms with Crippen LogP contribution in [0.25, 0.3) is 0 Å². The molecular weight excluding hydrogens is 156 g/mol. The molecule has 0 unspecified atom stereocenters. The maximum Gasteiger partial charge on any atom is 0.270 e. The van der Waals surface area contributed by atoms with Gasteiger partial charge in [-0.05, 0) is 26.8 Å². The first kappa shape index (κ1) is 8.93. The van der Waals surface area contributed by atoms with Crippen molar-refractivity contribution in [1.82, 2.24) is 10.2 Å². The highest BCUT2D eigenvalue weighted by Crippen LogP contribution is 2.14. The van der Waals surface area contributed by atoms with Gasteiger partial charge >= 0.3 is 0 Å². The summed E-state index contributed by atoms with van der Waals surface area (Å²) in [6.45, 7) is 4.89. The Bertz CT molecular complexity index is 336. The van der Waals surface area contributed by atoms with Crippen molar-refractivity contribution in [3.8, 4) is 0 Å². The molecule has 0 saturated heterocycles. The predicted molar refractivity (Wildman–Crippen MR) is 44.8 cm³/mol. The van der Waals surface area contributed by atoms with Gasteiger partial charge in [0.25, 0.3) is 5.56 Å². The molecule has 0 amide bonds. The third-order valence-electron chi connectivity index (χ3n) is 1.59. The van der Waals surface area contributed by atoms with Crippen molar-refractivity contribution in [3.63, 3.8) is 0 Å². The fraction of sp³-hybridized carbons (Fsp3) is 0.500. The van der Waals surface area contributed by atoms with Crippen molar-refractivity contribution in [2.45, 2.75) is 26.4 Å². The van der Waals surface area contributed by atoms with Gasteiger partial charge in [-0.1, -0.05) is 0 Å². The summed E-state index contributed by atoms with van der Waals surface area (Å²) < 4.78 is 0. The minimum atomic E-state index is -1.11. The van der Waals surface area contributed by atoms with E-state index in [2.05, 4.69) is 10.2 Å². The van der Waals surface area contributed by atoms with Crippen LogP contribution in [-0.4, -0.2) is 15.3 Å². The van der Waals surface area contributed by atoms with Gasteiger partial charge < -0.3 is 5.11 Å². The second-order valence-electron chi connectivity index (χ2n) is 3.31. The van der Waals surface area contributed by atoms with Gasteiger partial charge in [0.1, 0.15) is 0 Å². The third kappa shape index (κ3) is 1.71. The SMILES string of the molecule is Cc1cc(C(C)(C)O)c(=O)[nH]n1. The van der Waals surface area contributed by atoms with Crippen LogP contribution in [0.4, 0.5) is 0 Å². The van der Waals surface area contributed by atoms with Crippen molar-refractivity contribution >= 4 is 0 Å². The van der Waals surface area contributed by atoms with E-state index < -0.39 is 5.60 Å². The number of aliphatic hydroxyl groups is 1. The van der Waals surface area contributed by atoms with Gasteiger partial charge in [-0.25, -0.2) is 5.10 Å². The number of aromatic nitrogens is 2. The van der Waals surface area contributed by atoms with E-state index in [1.807, 2.05) is 0 Å². The molecular formula is C8H12N2O2. The molecule has 1 heterocycles. The molecule has 2 N–H and O–H groups in total. The molecule has 0 bridgehead atoms. The van der Waals surface area contributed by atoms with Crippen molar-refractivity contribution in [3.05, 3.63) is 27.7 Å². The molecule has 0 aliphatic rings. The lowest BCUT2D eigenvalue weighted by Crippen LogP contribution is -2.27. The summed E-state index contributed by atoms with van der Waals surface area (Å²) in [5.74, 6) is 0. The van der Waals surface area contributed by atoms with Crippen LogP contribution in [0.3, 0.4) is 0 Å². The van der Waals surface area contributed by atoms with Gasteiger partial charge in [0.15, 0.2) is 0 Å². The molecule has 0 fully saturated rings. The van der Waals surface area contributed by atoms with E-state index in [0.717, 1.165) is 0 Å². The zero-order valence-corrected chi connectivity index (χ0v) is 7.38. The van der Waals surface area contributed by atoms with Gasteiger partial charge in [0.05, 0.1) is 16.9 Å². The summed E-state index contributed by atoms with van der Waals surface area (Å²) in [6, 6.07) is 1.58. The summed E-state index contributed by atoms with van der Waals surface area (Å²) in [6.07, 6.45) is 0. The molecule has 0 atom stereocenters. The van der Waals surface area contributed by atoms with Crippen LogP contribution in [0.15, 0.2) is 10.9 Å². The predicted octanol–water partition coefficient (Wildman–Crippen LogP) is 0.306. The number of nitrogens with zero attached hydrogens (tertiary/aromatic N) is 1. The van der Waals surface area contributed by atoms with E-state index in [1.54, 1.807) is 26.8 Å². The average molecular weight is 168 g/mol. The van der Waals surface area contributed by atoms with Gasteiger partial charge in [0, 0.05) is 0 Å². The van der Waals surface area contributed by atoms with E-state index >= 15 is 0 Å². The fourth-order valence-electron chi connectivity index (χ4n) is 0.960. The molecule has 4 nitrogen and oxygen atoms in total. The normalized spacial score (nSPS) is 11.7. The Morgan fingerprint density at radius 1 is 1.58 bits per heavy atom. The minimum absolute atomic E-state index is 0.340. The van der Waals surface area contributed by atoms with Crippen LogP contribution < -0.4 is 5.56 Å². The smallest absolute Gasteiger partial charge is 0.270 e. The highest BCUT2D eigenvalue weighted by atomic mass is 16.3. The Hall–Kier alpha value is -1.16. The molecule has 1 aromatic rings.